The Morgan fingerprint density at radius 3 is 2.40 bits per heavy atom. The molecule has 0 saturated heterocycles. The van der Waals surface area contributed by atoms with Crippen LogP contribution in [0.2, 0.25) is 0 Å². The molecule has 0 aliphatic rings. The second-order valence-electron chi connectivity index (χ2n) is 4.64. The standard InChI is InChI=1S/C17H18O3/c1-12-11-14(9-10-16(12)17(18)19-3)13(2)20-15-7-5-4-6-8-15/h4-11,13H,1-3H3/t13-/m0/s1. The maximum absolute atomic E-state index is 11.6. The zero-order valence-electron chi connectivity index (χ0n) is 11.9. The van der Waals surface area contributed by atoms with E-state index in [4.69, 9.17) is 9.47 Å². The first-order valence-electron chi connectivity index (χ1n) is 6.52. The summed E-state index contributed by atoms with van der Waals surface area (Å²) in [6.45, 7) is 3.88. The molecule has 0 N–H and O–H groups in total. The van der Waals surface area contributed by atoms with E-state index in [0.29, 0.717) is 5.56 Å². The summed E-state index contributed by atoms with van der Waals surface area (Å²) in [4.78, 5) is 11.6. The third-order valence-electron chi connectivity index (χ3n) is 3.18. The Labute approximate surface area is 119 Å². The van der Waals surface area contributed by atoms with Crippen molar-refractivity contribution in [2.75, 3.05) is 7.11 Å². The number of aryl methyl sites for hydroxylation is 1. The molecule has 0 unspecified atom stereocenters. The lowest BCUT2D eigenvalue weighted by molar-refractivity contribution is 0.0600. The normalized spacial score (nSPS) is 11.8. The molecule has 3 nitrogen and oxygen atoms in total. The summed E-state index contributed by atoms with van der Waals surface area (Å²) in [6.07, 6.45) is -0.0807. The summed E-state index contributed by atoms with van der Waals surface area (Å²) >= 11 is 0. The second-order valence-corrected chi connectivity index (χ2v) is 4.64. The number of methoxy groups -OCH3 is 1. The highest BCUT2D eigenvalue weighted by Gasteiger charge is 2.13. The Morgan fingerprint density at radius 2 is 1.80 bits per heavy atom. The first-order valence-corrected chi connectivity index (χ1v) is 6.52. The monoisotopic (exact) mass is 270 g/mol. The van der Waals surface area contributed by atoms with Crippen LogP contribution >= 0.6 is 0 Å². The first-order chi connectivity index (χ1) is 9.61. The zero-order valence-corrected chi connectivity index (χ0v) is 11.9. The summed E-state index contributed by atoms with van der Waals surface area (Å²) in [6, 6.07) is 15.3. The van der Waals surface area contributed by atoms with Gasteiger partial charge in [-0.15, -0.1) is 0 Å². The van der Waals surface area contributed by atoms with Crippen LogP contribution in [-0.2, 0) is 4.74 Å². The number of para-hydroxylation sites is 1. The Kier molecular flexibility index (Phi) is 4.41. The molecule has 0 spiro atoms. The molecule has 0 bridgehead atoms. The number of carbonyl (C=O) groups is 1. The number of rotatable bonds is 4. The SMILES string of the molecule is COC(=O)c1ccc([C@H](C)Oc2ccccc2)cc1C. The molecule has 0 aromatic heterocycles. The van der Waals surface area contributed by atoms with E-state index in [-0.39, 0.29) is 12.1 Å². The minimum atomic E-state index is -0.314. The molecule has 0 radical (unpaired) electrons. The fourth-order valence-corrected chi connectivity index (χ4v) is 2.05. The van der Waals surface area contributed by atoms with Gasteiger partial charge in [-0.1, -0.05) is 30.3 Å². The van der Waals surface area contributed by atoms with Gasteiger partial charge in [0.15, 0.2) is 0 Å². The maximum atomic E-state index is 11.6. The smallest absolute Gasteiger partial charge is 0.338 e. The van der Waals surface area contributed by atoms with Crippen molar-refractivity contribution in [3.05, 3.63) is 65.2 Å². The summed E-state index contributed by atoms with van der Waals surface area (Å²) in [5.74, 6) is 0.514. The number of benzene rings is 2. The van der Waals surface area contributed by atoms with E-state index in [1.807, 2.05) is 56.3 Å². The Morgan fingerprint density at radius 1 is 1.10 bits per heavy atom. The fraction of sp³-hybridized carbons (Fsp3) is 0.235. The van der Waals surface area contributed by atoms with E-state index in [1.165, 1.54) is 7.11 Å². The first kappa shape index (κ1) is 14.1. The van der Waals surface area contributed by atoms with Gasteiger partial charge in [0.05, 0.1) is 12.7 Å². The predicted octanol–water partition coefficient (Wildman–Crippen LogP) is 3.92. The lowest BCUT2D eigenvalue weighted by atomic mass is 10.0. The predicted molar refractivity (Wildman–Crippen MR) is 78.0 cm³/mol. The van der Waals surface area contributed by atoms with Crippen LogP contribution in [0.4, 0.5) is 0 Å². The van der Waals surface area contributed by atoms with Crippen LogP contribution < -0.4 is 4.74 Å². The van der Waals surface area contributed by atoms with E-state index in [2.05, 4.69) is 0 Å². The molecule has 0 heterocycles. The van der Waals surface area contributed by atoms with Crippen molar-refractivity contribution in [3.8, 4) is 5.75 Å². The van der Waals surface area contributed by atoms with Crippen molar-refractivity contribution in [1.29, 1.82) is 0 Å². The van der Waals surface area contributed by atoms with Gasteiger partial charge in [-0.05, 0) is 43.2 Å². The second kappa shape index (κ2) is 6.24. The van der Waals surface area contributed by atoms with Crippen LogP contribution in [0.1, 0.15) is 34.5 Å². The molecule has 0 saturated carbocycles. The minimum absolute atomic E-state index is 0.0807. The van der Waals surface area contributed by atoms with Crippen molar-refractivity contribution in [2.45, 2.75) is 20.0 Å². The summed E-state index contributed by atoms with van der Waals surface area (Å²) < 4.78 is 10.6. The third kappa shape index (κ3) is 3.18. The average molecular weight is 270 g/mol. The van der Waals surface area contributed by atoms with Crippen molar-refractivity contribution < 1.29 is 14.3 Å². The summed E-state index contributed by atoms with van der Waals surface area (Å²) in [7, 11) is 1.39. The van der Waals surface area contributed by atoms with Crippen LogP contribution in [0, 0.1) is 6.92 Å². The van der Waals surface area contributed by atoms with E-state index in [9.17, 15) is 4.79 Å². The number of carbonyl (C=O) groups excluding carboxylic acids is 1. The van der Waals surface area contributed by atoms with Crippen LogP contribution in [0.3, 0.4) is 0 Å². The molecule has 104 valence electrons. The Hall–Kier alpha value is -2.29. The van der Waals surface area contributed by atoms with Gasteiger partial charge < -0.3 is 9.47 Å². The highest BCUT2D eigenvalue weighted by Crippen LogP contribution is 2.23. The Balaban J connectivity index is 2.17. The van der Waals surface area contributed by atoms with Gasteiger partial charge in [-0.2, -0.15) is 0 Å². The van der Waals surface area contributed by atoms with Crippen molar-refractivity contribution in [2.24, 2.45) is 0 Å². The largest absolute Gasteiger partial charge is 0.486 e. The lowest BCUT2D eigenvalue weighted by Gasteiger charge is -2.16. The number of hydrogen-bond acceptors (Lipinski definition) is 3. The maximum Gasteiger partial charge on any atom is 0.338 e. The van der Waals surface area contributed by atoms with Gasteiger partial charge in [0, 0.05) is 0 Å². The Bertz CT molecular complexity index is 590. The molecular formula is C17H18O3. The number of esters is 1. The third-order valence-corrected chi connectivity index (χ3v) is 3.18. The van der Waals surface area contributed by atoms with Gasteiger partial charge in [-0.25, -0.2) is 4.79 Å². The highest BCUT2D eigenvalue weighted by molar-refractivity contribution is 5.90. The number of ether oxygens (including phenoxy) is 2. The summed E-state index contributed by atoms with van der Waals surface area (Å²) in [5.41, 5.74) is 2.50. The van der Waals surface area contributed by atoms with Gasteiger partial charge in [0.1, 0.15) is 11.9 Å². The van der Waals surface area contributed by atoms with Crippen molar-refractivity contribution in [3.63, 3.8) is 0 Å². The van der Waals surface area contributed by atoms with E-state index in [1.54, 1.807) is 6.07 Å². The fourth-order valence-electron chi connectivity index (χ4n) is 2.05. The molecule has 2 rings (SSSR count). The van der Waals surface area contributed by atoms with Crippen molar-refractivity contribution >= 4 is 5.97 Å². The highest BCUT2D eigenvalue weighted by atomic mass is 16.5. The van der Waals surface area contributed by atoms with Crippen molar-refractivity contribution in [1.82, 2.24) is 0 Å². The molecule has 2 aromatic carbocycles. The molecule has 0 aliphatic heterocycles. The van der Waals surface area contributed by atoms with Gasteiger partial charge in [0.25, 0.3) is 0 Å². The van der Waals surface area contributed by atoms with E-state index in [0.717, 1.165) is 16.9 Å². The van der Waals surface area contributed by atoms with E-state index < -0.39 is 0 Å². The molecular weight excluding hydrogens is 252 g/mol. The average Bonchev–Trinajstić information content (AvgIpc) is 2.47. The minimum Gasteiger partial charge on any atom is -0.486 e. The van der Waals surface area contributed by atoms with E-state index >= 15 is 0 Å². The van der Waals surface area contributed by atoms with Crippen LogP contribution in [-0.4, -0.2) is 13.1 Å². The van der Waals surface area contributed by atoms with Gasteiger partial charge >= 0.3 is 5.97 Å². The zero-order chi connectivity index (χ0) is 14.5. The molecule has 3 heteroatoms. The van der Waals surface area contributed by atoms with Crippen LogP contribution in [0.25, 0.3) is 0 Å². The molecule has 1 atom stereocenters. The lowest BCUT2D eigenvalue weighted by Crippen LogP contribution is -2.07. The van der Waals surface area contributed by atoms with Crippen LogP contribution in [0.5, 0.6) is 5.75 Å². The topological polar surface area (TPSA) is 35.5 Å². The van der Waals surface area contributed by atoms with Crippen LogP contribution in [0.15, 0.2) is 48.5 Å². The van der Waals surface area contributed by atoms with Gasteiger partial charge in [-0.3, -0.25) is 0 Å². The molecule has 20 heavy (non-hydrogen) atoms. The molecule has 0 fully saturated rings. The quantitative estimate of drug-likeness (QED) is 0.790. The summed E-state index contributed by atoms with van der Waals surface area (Å²) in [5, 5.41) is 0. The van der Waals surface area contributed by atoms with Gasteiger partial charge in [0.2, 0.25) is 0 Å². The molecule has 2 aromatic rings. The number of hydrogen-bond donors (Lipinski definition) is 0. The molecule has 0 aliphatic carbocycles. The molecule has 0 amide bonds.